The average Bonchev–Trinajstić information content (AvgIpc) is 2.92. The summed E-state index contributed by atoms with van der Waals surface area (Å²) >= 11 is 5.92. The highest BCUT2D eigenvalue weighted by Gasteiger charge is 2.17. The maximum absolute atomic E-state index is 12.5. The van der Waals surface area contributed by atoms with E-state index in [2.05, 4.69) is 10.4 Å². The Bertz CT molecular complexity index is 919. The van der Waals surface area contributed by atoms with Gasteiger partial charge in [-0.3, -0.25) is 4.79 Å². The predicted octanol–water partition coefficient (Wildman–Crippen LogP) is 2.80. The van der Waals surface area contributed by atoms with E-state index in [1.54, 1.807) is 0 Å². The number of aromatic nitrogens is 2. The van der Waals surface area contributed by atoms with Gasteiger partial charge in [0.2, 0.25) is 0 Å². The molecule has 2 aromatic carbocycles. The molecule has 1 heterocycles. The van der Waals surface area contributed by atoms with Gasteiger partial charge in [-0.15, -0.1) is 0 Å². The Morgan fingerprint density at radius 3 is 2.44 bits per heavy atom. The topological polar surface area (TPSA) is 51.4 Å². The van der Waals surface area contributed by atoms with Crippen LogP contribution in [0.15, 0.2) is 54.6 Å². The number of amides is 1. The number of likely N-dealkylation sites (N-methyl/N-ethyl adjacent to an activating group) is 1. The molecule has 1 atom stereocenters. The van der Waals surface area contributed by atoms with Crippen molar-refractivity contribution in [2.24, 2.45) is 0 Å². The van der Waals surface area contributed by atoms with Gasteiger partial charge >= 0.3 is 0 Å². The maximum atomic E-state index is 12.5. The molecule has 0 spiro atoms. The second kappa shape index (κ2) is 8.37. The van der Waals surface area contributed by atoms with Crippen molar-refractivity contribution in [3.63, 3.8) is 0 Å². The molecule has 2 N–H and O–H groups in total. The van der Waals surface area contributed by atoms with E-state index in [-0.39, 0.29) is 5.91 Å². The summed E-state index contributed by atoms with van der Waals surface area (Å²) in [6, 6.07) is 17.6. The Balaban J connectivity index is 1.65. The molecular formula is C21H24ClN4O+. The number of para-hydroxylation sites is 1. The third-order valence-corrected chi connectivity index (χ3v) is 4.69. The van der Waals surface area contributed by atoms with E-state index in [4.69, 9.17) is 11.6 Å². The fourth-order valence-electron chi connectivity index (χ4n) is 3.12. The van der Waals surface area contributed by atoms with Gasteiger partial charge in [0.1, 0.15) is 6.54 Å². The lowest BCUT2D eigenvalue weighted by molar-refractivity contribution is -0.885. The number of carbonyl (C=O) groups excluding carboxylic acids is 1. The first-order valence-corrected chi connectivity index (χ1v) is 9.29. The molecule has 27 heavy (non-hydrogen) atoms. The molecule has 0 radical (unpaired) electrons. The van der Waals surface area contributed by atoms with Crippen LogP contribution in [0.1, 0.15) is 17.0 Å². The van der Waals surface area contributed by atoms with E-state index in [0.29, 0.717) is 6.54 Å². The van der Waals surface area contributed by atoms with Crippen LogP contribution in [-0.2, 0) is 11.3 Å². The Morgan fingerprint density at radius 2 is 1.78 bits per heavy atom. The zero-order valence-corrected chi connectivity index (χ0v) is 16.5. The van der Waals surface area contributed by atoms with Gasteiger partial charge in [-0.25, -0.2) is 4.68 Å². The van der Waals surface area contributed by atoms with Crippen molar-refractivity contribution >= 4 is 23.2 Å². The van der Waals surface area contributed by atoms with Crippen molar-refractivity contribution in [1.29, 1.82) is 0 Å². The molecule has 6 heteroatoms. The van der Waals surface area contributed by atoms with Crippen molar-refractivity contribution in [2.75, 3.05) is 18.9 Å². The Labute approximate surface area is 164 Å². The number of nitrogens with zero attached hydrogens (tertiary/aromatic N) is 2. The van der Waals surface area contributed by atoms with Crippen LogP contribution in [0.2, 0.25) is 5.02 Å². The first-order valence-electron chi connectivity index (χ1n) is 8.91. The highest BCUT2D eigenvalue weighted by molar-refractivity contribution is 6.30. The van der Waals surface area contributed by atoms with Gasteiger partial charge in [0.05, 0.1) is 29.8 Å². The zero-order valence-electron chi connectivity index (χ0n) is 15.8. The first-order chi connectivity index (χ1) is 12.9. The molecule has 0 saturated carbocycles. The van der Waals surface area contributed by atoms with Crippen LogP contribution in [-0.4, -0.2) is 29.3 Å². The molecule has 0 aliphatic carbocycles. The molecule has 3 aromatic rings. The minimum atomic E-state index is -0.0275. The molecule has 0 aliphatic rings. The van der Waals surface area contributed by atoms with E-state index >= 15 is 0 Å². The highest BCUT2D eigenvalue weighted by Crippen LogP contribution is 2.22. The van der Waals surface area contributed by atoms with Crippen LogP contribution in [0, 0.1) is 13.8 Å². The van der Waals surface area contributed by atoms with E-state index < -0.39 is 0 Å². The summed E-state index contributed by atoms with van der Waals surface area (Å²) in [7, 11) is 2.00. The quantitative estimate of drug-likeness (QED) is 0.687. The minimum absolute atomic E-state index is 0.0275. The maximum Gasteiger partial charge on any atom is 0.279 e. The number of benzene rings is 2. The summed E-state index contributed by atoms with van der Waals surface area (Å²) in [6.45, 7) is 5.00. The summed E-state index contributed by atoms with van der Waals surface area (Å²) in [5.74, 6) is -0.0275. The summed E-state index contributed by atoms with van der Waals surface area (Å²) in [5, 5.41) is 8.32. The molecule has 1 amide bonds. The molecule has 1 unspecified atom stereocenters. The SMILES string of the molecule is Cc1nn(-c2ccccc2)c(C)c1NC(=O)C[NH+](C)Cc1ccc(Cl)cc1. The molecule has 0 bridgehead atoms. The van der Waals surface area contributed by atoms with Gasteiger partial charge in [0, 0.05) is 10.6 Å². The van der Waals surface area contributed by atoms with E-state index in [1.165, 1.54) is 0 Å². The van der Waals surface area contributed by atoms with Crippen molar-refractivity contribution in [2.45, 2.75) is 20.4 Å². The lowest BCUT2D eigenvalue weighted by Gasteiger charge is -2.14. The number of aryl methyl sites for hydroxylation is 1. The summed E-state index contributed by atoms with van der Waals surface area (Å²) in [4.78, 5) is 13.6. The average molecular weight is 384 g/mol. The van der Waals surface area contributed by atoms with E-state index in [1.807, 2.05) is 80.2 Å². The van der Waals surface area contributed by atoms with Crippen molar-refractivity contribution in [3.05, 3.63) is 76.6 Å². The second-order valence-corrected chi connectivity index (χ2v) is 7.21. The molecule has 0 fully saturated rings. The highest BCUT2D eigenvalue weighted by atomic mass is 35.5. The molecule has 1 aromatic heterocycles. The standard InChI is InChI=1S/C21H23ClN4O/c1-15-21(16(2)26(24-15)19-7-5-4-6-8-19)23-20(27)14-25(3)13-17-9-11-18(22)12-10-17/h4-12H,13-14H2,1-3H3,(H,23,27)/p+1. The molecule has 140 valence electrons. The van der Waals surface area contributed by atoms with Gasteiger partial charge in [0.15, 0.2) is 6.54 Å². The van der Waals surface area contributed by atoms with Gasteiger partial charge in [-0.2, -0.15) is 5.10 Å². The van der Waals surface area contributed by atoms with Crippen molar-refractivity contribution in [1.82, 2.24) is 9.78 Å². The predicted molar refractivity (Wildman–Crippen MR) is 109 cm³/mol. The van der Waals surface area contributed by atoms with Crippen LogP contribution >= 0.6 is 11.6 Å². The number of nitrogens with one attached hydrogen (secondary N) is 2. The summed E-state index contributed by atoms with van der Waals surface area (Å²) in [6.07, 6.45) is 0. The molecule has 5 nitrogen and oxygen atoms in total. The number of halogens is 1. The zero-order chi connectivity index (χ0) is 19.4. The monoisotopic (exact) mass is 383 g/mol. The number of quaternary nitrogens is 1. The van der Waals surface area contributed by atoms with Crippen molar-refractivity contribution < 1.29 is 9.69 Å². The fourth-order valence-corrected chi connectivity index (χ4v) is 3.24. The number of hydrogen-bond donors (Lipinski definition) is 2. The van der Waals surface area contributed by atoms with Crippen LogP contribution in [0.4, 0.5) is 5.69 Å². The Morgan fingerprint density at radius 1 is 1.11 bits per heavy atom. The van der Waals surface area contributed by atoms with Crippen LogP contribution in [0.5, 0.6) is 0 Å². The smallest absolute Gasteiger partial charge is 0.279 e. The van der Waals surface area contributed by atoms with Gasteiger partial charge in [0.25, 0.3) is 5.91 Å². The van der Waals surface area contributed by atoms with E-state index in [0.717, 1.165) is 44.8 Å². The largest absolute Gasteiger partial charge is 0.326 e. The third-order valence-electron chi connectivity index (χ3n) is 4.44. The number of anilines is 1. The number of carbonyl (C=O) groups is 1. The van der Waals surface area contributed by atoms with Gasteiger partial charge in [-0.1, -0.05) is 41.9 Å². The number of hydrogen-bond acceptors (Lipinski definition) is 2. The lowest BCUT2D eigenvalue weighted by Crippen LogP contribution is -3.08. The number of rotatable bonds is 6. The Hall–Kier alpha value is -2.63. The van der Waals surface area contributed by atoms with Crippen LogP contribution in [0.25, 0.3) is 5.69 Å². The lowest BCUT2D eigenvalue weighted by atomic mass is 10.2. The normalized spacial score (nSPS) is 12.0. The van der Waals surface area contributed by atoms with Gasteiger partial charge in [-0.05, 0) is 38.1 Å². The molecule has 0 saturated heterocycles. The van der Waals surface area contributed by atoms with Gasteiger partial charge < -0.3 is 10.2 Å². The molecule has 3 rings (SSSR count). The fraction of sp³-hybridized carbons (Fsp3) is 0.238. The van der Waals surface area contributed by atoms with Crippen molar-refractivity contribution in [3.8, 4) is 5.69 Å². The first kappa shape index (κ1) is 19.1. The van der Waals surface area contributed by atoms with Crippen LogP contribution < -0.4 is 10.2 Å². The molecule has 0 aliphatic heterocycles. The van der Waals surface area contributed by atoms with Crippen LogP contribution in [0.3, 0.4) is 0 Å². The Kier molecular flexibility index (Phi) is 5.94. The summed E-state index contributed by atoms with van der Waals surface area (Å²) in [5.41, 5.74) is 4.63. The molecular weight excluding hydrogens is 360 g/mol. The summed E-state index contributed by atoms with van der Waals surface area (Å²) < 4.78 is 1.86. The second-order valence-electron chi connectivity index (χ2n) is 6.78. The minimum Gasteiger partial charge on any atom is -0.326 e. The van der Waals surface area contributed by atoms with E-state index in [9.17, 15) is 4.79 Å². The third kappa shape index (κ3) is 4.76.